The van der Waals surface area contributed by atoms with Gasteiger partial charge in [0.15, 0.2) is 11.6 Å². The molecule has 94 valence electrons. The molecule has 0 radical (unpaired) electrons. The number of nitrogens with two attached hydrogens (primary N) is 1. The summed E-state index contributed by atoms with van der Waals surface area (Å²) < 4.78 is 14.1. The van der Waals surface area contributed by atoms with E-state index in [1.165, 1.54) is 6.33 Å². The molecule has 1 saturated heterocycles. The molecule has 2 atom stereocenters. The second kappa shape index (κ2) is 4.96. The minimum atomic E-state index is -0.295. The van der Waals surface area contributed by atoms with Crippen molar-refractivity contribution in [1.29, 1.82) is 0 Å². The predicted octanol–water partition coefficient (Wildman–Crippen LogP) is 1.35. The highest BCUT2D eigenvalue weighted by Crippen LogP contribution is 2.24. The van der Waals surface area contributed by atoms with E-state index in [0.717, 1.165) is 13.0 Å². The molecule has 5 heteroatoms. The summed E-state index contributed by atoms with van der Waals surface area (Å²) in [6.45, 7) is 5.50. The zero-order valence-electron chi connectivity index (χ0n) is 10.4. The van der Waals surface area contributed by atoms with Crippen LogP contribution >= 0.6 is 0 Å². The normalized spacial score (nSPS) is 25.1. The molecule has 0 bridgehead atoms. The summed E-state index contributed by atoms with van der Waals surface area (Å²) in [6, 6.07) is 0.0955. The summed E-state index contributed by atoms with van der Waals surface area (Å²) in [7, 11) is 0. The topological polar surface area (TPSA) is 55.0 Å². The van der Waals surface area contributed by atoms with Crippen molar-refractivity contribution in [2.24, 2.45) is 11.7 Å². The lowest BCUT2D eigenvalue weighted by molar-refractivity contribution is 0.395. The third-order valence-corrected chi connectivity index (χ3v) is 3.17. The van der Waals surface area contributed by atoms with Gasteiger partial charge in [-0.2, -0.15) is 0 Å². The van der Waals surface area contributed by atoms with E-state index in [-0.39, 0.29) is 11.9 Å². The summed E-state index contributed by atoms with van der Waals surface area (Å²) in [5, 5.41) is 0. The number of halogens is 1. The van der Waals surface area contributed by atoms with Gasteiger partial charge >= 0.3 is 0 Å². The molecular formula is C12H19FN4. The lowest BCUT2D eigenvalue weighted by Crippen LogP contribution is -2.47. The molecule has 1 aliphatic rings. The maximum absolute atomic E-state index is 14.1. The van der Waals surface area contributed by atoms with Crippen LogP contribution in [0.5, 0.6) is 0 Å². The lowest BCUT2D eigenvalue weighted by atomic mass is 9.96. The van der Waals surface area contributed by atoms with Gasteiger partial charge in [0.1, 0.15) is 6.33 Å². The zero-order valence-corrected chi connectivity index (χ0v) is 10.4. The number of hydrogen-bond donors (Lipinski definition) is 1. The molecule has 0 spiro atoms. The van der Waals surface area contributed by atoms with Gasteiger partial charge in [0.05, 0.1) is 5.69 Å². The van der Waals surface area contributed by atoms with Gasteiger partial charge in [0.25, 0.3) is 0 Å². The maximum atomic E-state index is 14.1. The summed E-state index contributed by atoms with van der Waals surface area (Å²) in [5.41, 5.74) is 6.44. The quantitative estimate of drug-likeness (QED) is 0.845. The van der Waals surface area contributed by atoms with Crippen molar-refractivity contribution in [3.63, 3.8) is 0 Å². The van der Waals surface area contributed by atoms with Crippen LogP contribution in [0.2, 0.25) is 0 Å². The minimum Gasteiger partial charge on any atom is -0.352 e. The predicted molar refractivity (Wildman–Crippen MR) is 65.3 cm³/mol. The number of nitrogens with zero attached hydrogens (tertiary/aromatic N) is 3. The first-order chi connectivity index (χ1) is 8.11. The lowest BCUT2D eigenvalue weighted by Gasteiger charge is -2.35. The van der Waals surface area contributed by atoms with Crippen LogP contribution in [0.15, 0.2) is 6.33 Å². The van der Waals surface area contributed by atoms with Crippen molar-refractivity contribution in [1.82, 2.24) is 9.97 Å². The third kappa shape index (κ3) is 2.54. The minimum absolute atomic E-state index is 0.0955. The highest BCUT2D eigenvalue weighted by molar-refractivity contribution is 5.42. The Kier molecular flexibility index (Phi) is 3.57. The van der Waals surface area contributed by atoms with Crippen LogP contribution in [0, 0.1) is 11.7 Å². The Morgan fingerprint density at radius 3 is 2.88 bits per heavy atom. The Morgan fingerprint density at radius 1 is 1.47 bits per heavy atom. The fourth-order valence-corrected chi connectivity index (χ4v) is 2.44. The first-order valence-corrected chi connectivity index (χ1v) is 6.11. The van der Waals surface area contributed by atoms with Crippen molar-refractivity contribution in [2.45, 2.75) is 32.7 Å². The molecule has 4 nitrogen and oxygen atoms in total. The number of piperidine rings is 1. The standard InChI is InChI=1S/C12H19FN4/c1-3-10-11(13)12(16-7-15-10)17-5-8(2)4-9(14)6-17/h7-9H,3-6,14H2,1-2H3. The molecular weight excluding hydrogens is 219 g/mol. The second-order valence-corrected chi connectivity index (χ2v) is 4.82. The van der Waals surface area contributed by atoms with E-state index in [1.807, 2.05) is 11.8 Å². The number of anilines is 1. The largest absolute Gasteiger partial charge is 0.352 e. The average Bonchev–Trinajstić information content (AvgIpc) is 2.28. The van der Waals surface area contributed by atoms with E-state index in [1.54, 1.807) is 0 Å². The smallest absolute Gasteiger partial charge is 0.187 e. The molecule has 2 heterocycles. The summed E-state index contributed by atoms with van der Waals surface area (Å²) >= 11 is 0. The van der Waals surface area contributed by atoms with Crippen LogP contribution in [0.25, 0.3) is 0 Å². The number of rotatable bonds is 2. The molecule has 2 rings (SSSR count). The van der Waals surface area contributed by atoms with E-state index in [4.69, 9.17) is 5.73 Å². The van der Waals surface area contributed by atoms with Crippen LogP contribution in [-0.4, -0.2) is 29.1 Å². The van der Waals surface area contributed by atoms with Crippen LogP contribution < -0.4 is 10.6 Å². The zero-order chi connectivity index (χ0) is 12.4. The fourth-order valence-electron chi connectivity index (χ4n) is 2.44. The van der Waals surface area contributed by atoms with Gasteiger partial charge < -0.3 is 10.6 Å². The summed E-state index contributed by atoms with van der Waals surface area (Å²) in [4.78, 5) is 9.95. The molecule has 1 aliphatic heterocycles. The maximum Gasteiger partial charge on any atom is 0.187 e. The van der Waals surface area contributed by atoms with E-state index < -0.39 is 0 Å². The molecule has 17 heavy (non-hydrogen) atoms. The van der Waals surface area contributed by atoms with Gasteiger partial charge in [0.2, 0.25) is 0 Å². The highest BCUT2D eigenvalue weighted by atomic mass is 19.1. The fraction of sp³-hybridized carbons (Fsp3) is 0.667. The Morgan fingerprint density at radius 2 is 2.24 bits per heavy atom. The van der Waals surface area contributed by atoms with Crippen molar-refractivity contribution < 1.29 is 4.39 Å². The van der Waals surface area contributed by atoms with Crippen LogP contribution in [-0.2, 0) is 6.42 Å². The molecule has 0 aromatic carbocycles. The first kappa shape index (κ1) is 12.2. The van der Waals surface area contributed by atoms with Crippen molar-refractivity contribution in [3.05, 3.63) is 17.8 Å². The molecule has 2 unspecified atom stereocenters. The third-order valence-electron chi connectivity index (χ3n) is 3.17. The van der Waals surface area contributed by atoms with Crippen LogP contribution in [0.1, 0.15) is 26.0 Å². The first-order valence-electron chi connectivity index (χ1n) is 6.11. The van der Waals surface area contributed by atoms with E-state index in [2.05, 4.69) is 16.9 Å². The highest BCUT2D eigenvalue weighted by Gasteiger charge is 2.25. The van der Waals surface area contributed by atoms with Gasteiger partial charge in [0, 0.05) is 19.1 Å². The number of aryl methyl sites for hydroxylation is 1. The van der Waals surface area contributed by atoms with Gasteiger partial charge in [-0.1, -0.05) is 13.8 Å². The van der Waals surface area contributed by atoms with E-state index in [9.17, 15) is 4.39 Å². The molecule has 1 fully saturated rings. The monoisotopic (exact) mass is 238 g/mol. The van der Waals surface area contributed by atoms with Gasteiger partial charge in [-0.25, -0.2) is 14.4 Å². The molecule has 0 amide bonds. The second-order valence-electron chi connectivity index (χ2n) is 4.82. The van der Waals surface area contributed by atoms with Crippen molar-refractivity contribution in [2.75, 3.05) is 18.0 Å². The van der Waals surface area contributed by atoms with Crippen LogP contribution in [0.4, 0.5) is 10.2 Å². The van der Waals surface area contributed by atoms with Crippen LogP contribution in [0.3, 0.4) is 0 Å². The van der Waals surface area contributed by atoms with Crippen molar-refractivity contribution in [3.8, 4) is 0 Å². The average molecular weight is 238 g/mol. The molecule has 1 aromatic rings. The Hall–Kier alpha value is -1.23. The number of hydrogen-bond acceptors (Lipinski definition) is 4. The molecule has 2 N–H and O–H groups in total. The Bertz CT molecular complexity index is 386. The summed E-state index contributed by atoms with van der Waals surface area (Å²) in [5.74, 6) is 0.577. The number of aromatic nitrogens is 2. The Labute approximate surface area is 101 Å². The SMILES string of the molecule is CCc1ncnc(N2CC(C)CC(N)C2)c1F. The van der Waals surface area contributed by atoms with Gasteiger partial charge in [-0.05, 0) is 18.8 Å². The van der Waals surface area contributed by atoms with Gasteiger partial charge in [-0.15, -0.1) is 0 Å². The summed E-state index contributed by atoms with van der Waals surface area (Å²) in [6.07, 6.45) is 3.00. The molecule has 0 aliphatic carbocycles. The van der Waals surface area contributed by atoms with Gasteiger partial charge in [-0.3, -0.25) is 0 Å². The van der Waals surface area contributed by atoms with Crippen molar-refractivity contribution >= 4 is 5.82 Å². The molecule has 0 saturated carbocycles. The molecule has 1 aromatic heterocycles. The van der Waals surface area contributed by atoms with E-state index >= 15 is 0 Å². The Balaban J connectivity index is 2.27. The van der Waals surface area contributed by atoms with E-state index in [0.29, 0.717) is 30.4 Å².